The van der Waals surface area contributed by atoms with E-state index in [2.05, 4.69) is 68.9 Å². The third kappa shape index (κ3) is 6.52. The van der Waals surface area contributed by atoms with Crippen LogP contribution < -0.4 is 0 Å². The molecule has 0 saturated heterocycles. The highest BCUT2D eigenvalue weighted by atomic mass is 79.9. The summed E-state index contributed by atoms with van der Waals surface area (Å²) < 4.78 is 6.26. The molecule has 4 heteroatoms. The molecule has 0 aliphatic carbocycles. The van der Waals surface area contributed by atoms with Crippen LogP contribution in [0.15, 0.2) is 24.3 Å². The summed E-state index contributed by atoms with van der Waals surface area (Å²) in [6.07, 6.45) is 2.11. The van der Waals surface area contributed by atoms with E-state index in [0.717, 1.165) is 25.0 Å². The Bertz CT molecular complexity index is 503. The molecule has 0 aliphatic heterocycles. The van der Waals surface area contributed by atoms with Gasteiger partial charge in [-0.3, -0.25) is 4.79 Å². The Hall–Kier alpha value is -0.453. The van der Waals surface area contributed by atoms with Gasteiger partial charge in [-0.05, 0) is 42.5 Å². The number of Topliss-reactive ketones (excluding diaryl/α,β-unsaturated/α-hetero) is 1. The van der Waals surface area contributed by atoms with Gasteiger partial charge in [0.15, 0.2) is 14.1 Å². The molecule has 130 valence electrons. The van der Waals surface area contributed by atoms with Gasteiger partial charge in [-0.2, -0.15) is 0 Å². The molecule has 0 aliphatic rings. The number of ketones is 1. The van der Waals surface area contributed by atoms with Crippen LogP contribution in [0.5, 0.6) is 0 Å². The molecule has 0 amide bonds. The molecule has 1 aromatic carbocycles. The summed E-state index contributed by atoms with van der Waals surface area (Å²) in [5.41, 5.74) is 2.07. The number of carbonyl (C=O) groups excluding carboxylic acids is 1. The van der Waals surface area contributed by atoms with Gasteiger partial charge in [0.2, 0.25) is 0 Å². The molecule has 0 radical (unpaired) electrons. The molecule has 0 fully saturated rings. The smallest absolute Gasteiger partial charge is 0.191 e. The summed E-state index contributed by atoms with van der Waals surface area (Å²) in [7, 11) is -1.63. The van der Waals surface area contributed by atoms with E-state index < -0.39 is 8.32 Å². The van der Waals surface area contributed by atoms with Gasteiger partial charge >= 0.3 is 0 Å². The van der Waals surface area contributed by atoms with Crippen molar-refractivity contribution in [2.45, 2.75) is 58.7 Å². The Balaban J connectivity index is 2.45. The molecular formula is C19H31BrO2Si. The van der Waals surface area contributed by atoms with Crippen LogP contribution in [0.4, 0.5) is 0 Å². The van der Waals surface area contributed by atoms with Gasteiger partial charge in [-0.25, -0.2) is 0 Å². The lowest BCUT2D eigenvalue weighted by Gasteiger charge is -2.36. The van der Waals surface area contributed by atoms with E-state index in [1.807, 2.05) is 12.1 Å². The van der Waals surface area contributed by atoms with Crippen molar-refractivity contribution < 1.29 is 9.22 Å². The summed E-state index contributed by atoms with van der Waals surface area (Å²) in [6, 6.07) is 8.00. The fourth-order valence-corrected chi connectivity index (χ4v) is 3.52. The van der Waals surface area contributed by atoms with Crippen molar-refractivity contribution in [1.29, 1.82) is 0 Å². The minimum absolute atomic E-state index is 0.132. The van der Waals surface area contributed by atoms with Crippen LogP contribution >= 0.6 is 15.9 Å². The lowest BCUT2D eigenvalue weighted by atomic mass is 9.97. The average molecular weight is 399 g/mol. The van der Waals surface area contributed by atoms with E-state index in [9.17, 15) is 4.79 Å². The van der Waals surface area contributed by atoms with Crippen molar-refractivity contribution in [1.82, 2.24) is 0 Å². The van der Waals surface area contributed by atoms with E-state index in [4.69, 9.17) is 4.43 Å². The second-order valence-corrected chi connectivity index (χ2v) is 13.3. The van der Waals surface area contributed by atoms with Crippen molar-refractivity contribution in [3.8, 4) is 0 Å². The molecule has 0 unspecified atom stereocenters. The number of carbonyl (C=O) groups is 1. The Labute approximate surface area is 151 Å². The van der Waals surface area contributed by atoms with E-state index >= 15 is 0 Å². The first kappa shape index (κ1) is 20.6. The summed E-state index contributed by atoms with van der Waals surface area (Å²) in [6.45, 7) is 14.5. The highest BCUT2D eigenvalue weighted by Gasteiger charge is 2.36. The van der Waals surface area contributed by atoms with Crippen molar-refractivity contribution in [2.24, 2.45) is 5.92 Å². The zero-order chi connectivity index (χ0) is 17.7. The van der Waals surface area contributed by atoms with Crippen molar-refractivity contribution >= 4 is 30.0 Å². The standard InChI is InChI=1S/C19H31BrO2Si/c1-15(11-12-22-23(5,6)19(2,3)4)13-16-7-9-17(10-8-16)18(21)14-20/h7-10,15H,11-14H2,1-6H3/t15-/m1/s1. The number of hydrogen-bond donors (Lipinski definition) is 0. The van der Waals surface area contributed by atoms with Gasteiger partial charge in [-0.15, -0.1) is 0 Å². The third-order valence-corrected chi connectivity index (χ3v) is 9.91. The summed E-state index contributed by atoms with van der Waals surface area (Å²) in [5.74, 6) is 0.713. The zero-order valence-electron chi connectivity index (χ0n) is 15.4. The number of halogens is 1. The second-order valence-electron chi connectivity index (χ2n) is 7.96. The molecule has 0 aromatic heterocycles. The van der Waals surface area contributed by atoms with Gasteiger partial charge in [0, 0.05) is 12.2 Å². The Morgan fingerprint density at radius 1 is 1.22 bits per heavy atom. The van der Waals surface area contributed by atoms with Gasteiger partial charge in [0.25, 0.3) is 0 Å². The first-order chi connectivity index (χ1) is 10.6. The van der Waals surface area contributed by atoms with Gasteiger partial charge in [-0.1, -0.05) is 67.9 Å². The predicted molar refractivity (Wildman–Crippen MR) is 105 cm³/mol. The predicted octanol–water partition coefficient (Wildman–Crippen LogP) is 5.85. The van der Waals surface area contributed by atoms with Crippen LogP contribution in [-0.4, -0.2) is 26.0 Å². The highest BCUT2D eigenvalue weighted by Crippen LogP contribution is 2.36. The van der Waals surface area contributed by atoms with E-state index in [1.165, 1.54) is 5.56 Å². The molecule has 1 aromatic rings. The Morgan fingerprint density at radius 2 is 1.78 bits per heavy atom. The Kier molecular flexibility index (Phi) is 7.69. The van der Waals surface area contributed by atoms with Crippen molar-refractivity contribution in [2.75, 3.05) is 11.9 Å². The first-order valence-electron chi connectivity index (χ1n) is 8.39. The van der Waals surface area contributed by atoms with Crippen LogP contribution in [0, 0.1) is 5.92 Å². The average Bonchev–Trinajstić information content (AvgIpc) is 2.45. The van der Waals surface area contributed by atoms with Crippen LogP contribution in [-0.2, 0) is 10.8 Å². The Morgan fingerprint density at radius 3 is 2.26 bits per heavy atom. The summed E-state index contributed by atoms with van der Waals surface area (Å²) >= 11 is 3.21. The minimum atomic E-state index is -1.63. The topological polar surface area (TPSA) is 26.3 Å². The van der Waals surface area contributed by atoms with Crippen LogP contribution in [0.2, 0.25) is 18.1 Å². The maximum Gasteiger partial charge on any atom is 0.191 e. The normalized spacial score (nSPS) is 13.9. The second kappa shape index (κ2) is 8.59. The van der Waals surface area contributed by atoms with E-state index in [-0.39, 0.29) is 10.8 Å². The maximum atomic E-state index is 11.6. The number of alkyl halides is 1. The number of hydrogen-bond acceptors (Lipinski definition) is 2. The molecular weight excluding hydrogens is 368 g/mol. The molecule has 2 nitrogen and oxygen atoms in total. The maximum absolute atomic E-state index is 11.6. The molecule has 23 heavy (non-hydrogen) atoms. The number of rotatable bonds is 8. The molecule has 0 heterocycles. The third-order valence-electron chi connectivity index (χ3n) is 4.86. The van der Waals surface area contributed by atoms with E-state index in [0.29, 0.717) is 11.2 Å². The number of benzene rings is 1. The lowest BCUT2D eigenvalue weighted by molar-refractivity contribution is 0.102. The molecule has 0 bridgehead atoms. The first-order valence-corrected chi connectivity index (χ1v) is 12.4. The van der Waals surface area contributed by atoms with Crippen LogP contribution in [0.3, 0.4) is 0 Å². The highest BCUT2D eigenvalue weighted by molar-refractivity contribution is 9.09. The SMILES string of the molecule is C[C@H](CCO[Si](C)(C)C(C)(C)C)Cc1ccc(C(=O)CBr)cc1. The van der Waals surface area contributed by atoms with E-state index in [1.54, 1.807) is 0 Å². The quantitative estimate of drug-likeness (QED) is 0.311. The van der Waals surface area contributed by atoms with Crippen LogP contribution in [0.1, 0.15) is 50.0 Å². The molecule has 1 atom stereocenters. The van der Waals surface area contributed by atoms with Gasteiger partial charge in [0.05, 0.1) is 5.33 Å². The molecule has 0 N–H and O–H groups in total. The summed E-state index contributed by atoms with van der Waals surface area (Å²) in [5, 5.41) is 0.654. The fourth-order valence-electron chi connectivity index (χ4n) is 2.14. The molecule has 1 rings (SSSR count). The van der Waals surface area contributed by atoms with Gasteiger partial charge < -0.3 is 4.43 Å². The van der Waals surface area contributed by atoms with Crippen molar-refractivity contribution in [3.05, 3.63) is 35.4 Å². The van der Waals surface area contributed by atoms with Crippen LogP contribution in [0.25, 0.3) is 0 Å². The molecule has 0 saturated carbocycles. The summed E-state index contributed by atoms with van der Waals surface area (Å²) in [4.78, 5) is 11.6. The molecule has 0 spiro atoms. The van der Waals surface area contributed by atoms with Crippen molar-refractivity contribution in [3.63, 3.8) is 0 Å². The monoisotopic (exact) mass is 398 g/mol. The fraction of sp³-hybridized carbons (Fsp3) is 0.632. The van der Waals surface area contributed by atoms with Gasteiger partial charge in [0.1, 0.15) is 0 Å². The minimum Gasteiger partial charge on any atom is -0.417 e. The largest absolute Gasteiger partial charge is 0.417 e. The zero-order valence-corrected chi connectivity index (χ0v) is 18.0. The lowest BCUT2D eigenvalue weighted by Crippen LogP contribution is -2.41.